The van der Waals surface area contributed by atoms with Gasteiger partial charge in [0.2, 0.25) is 5.91 Å². The van der Waals surface area contributed by atoms with Crippen LogP contribution in [-0.2, 0) is 4.79 Å². The minimum Gasteiger partial charge on any atom is -0.478 e. The molecule has 0 radical (unpaired) electrons. The molecule has 0 aliphatic heterocycles. The number of aromatic carboxylic acids is 1. The van der Waals surface area contributed by atoms with Crippen molar-refractivity contribution in [1.82, 2.24) is 5.32 Å². The molecule has 108 valence electrons. The van der Waals surface area contributed by atoms with Crippen LogP contribution in [0.25, 0.3) is 0 Å². The zero-order valence-corrected chi connectivity index (χ0v) is 11.2. The number of urea groups is 1. The van der Waals surface area contributed by atoms with E-state index in [1.165, 1.54) is 12.1 Å². The van der Waals surface area contributed by atoms with Crippen molar-refractivity contribution in [3.63, 3.8) is 0 Å². The predicted molar refractivity (Wildman–Crippen MR) is 73.4 cm³/mol. The Morgan fingerprint density at radius 2 is 1.80 bits per heavy atom. The number of amides is 3. The van der Waals surface area contributed by atoms with Crippen molar-refractivity contribution in [2.24, 2.45) is 11.7 Å². The molecule has 0 saturated heterocycles. The first-order valence-corrected chi connectivity index (χ1v) is 6.02. The molecule has 5 N–H and O–H groups in total. The van der Waals surface area contributed by atoms with Gasteiger partial charge in [-0.1, -0.05) is 26.0 Å². The number of carboxylic acids is 1. The molecule has 0 heterocycles. The van der Waals surface area contributed by atoms with Gasteiger partial charge in [-0.05, 0) is 18.1 Å². The van der Waals surface area contributed by atoms with E-state index in [2.05, 4.69) is 10.6 Å². The Morgan fingerprint density at radius 1 is 1.20 bits per heavy atom. The highest BCUT2D eigenvalue weighted by Gasteiger charge is 2.24. The zero-order valence-electron chi connectivity index (χ0n) is 11.2. The monoisotopic (exact) mass is 279 g/mol. The van der Waals surface area contributed by atoms with Crippen molar-refractivity contribution in [1.29, 1.82) is 0 Å². The molecular weight excluding hydrogens is 262 g/mol. The lowest BCUT2D eigenvalue weighted by atomic mass is 10.0. The summed E-state index contributed by atoms with van der Waals surface area (Å²) in [6.07, 6.45) is 0. The van der Waals surface area contributed by atoms with Gasteiger partial charge in [0.25, 0.3) is 0 Å². The molecule has 1 rings (SSSR count). The second-order valence-corrected chi connectivity index (χ2v) is 4.57. The van der Waals surface area contributed by atoms with Gasteiger partial charge in [-0.15, -0.1) is 0 Å². The Bertz CT molecular complexity index is 528. The normalized spacial score (nSPS) is 11.8. The van der Waals surface area contributed by atoms with E-state index >= 15 is 0 Å². The predicted octanol–water partition coefficient (Wildman–Crippen LogP) is 1.02. The lowest BCUT2D eigenvalue weighted by molar-refractivity contribution is -0.118. The lowest BCUT2D eigenvalue weighted by Gasteiger charge is -2.21. The quantitative estimate of drug-likeness (QED) is 0.642. The molecule has 0 aliphatic rings. The van der Waals surface area contributed by atoms with Gasteiger partial charge in [-0.2, -0.15) is 0 Å². The minimum absolute atomic E-state index is 0.0255. The Morgan fingerprint density at radius 3 is 2.30 bits per heavy atom. The molecule has 3 amide bonds. The zero-order chi connectivity index (χ0) is 15.3. The summed E-state index contributed by atoms with van der Waals surface area (Å²) in [5, 5.41) is 13.8. The summed E-state index contributed by atoms with van der Waals surface area (Å²) in [5.74, 6) is -1.86. The van der Waals surface area contributed by atoms with Crippen LogP contribution in [-0.4, -0.2) is 29.1 Å². The van der Waals surface area contributed by atoms with Crippen LogP contribution in [0.1, 0.15) is 24.2 Å². The number of para-hydroxylation sites is 1. The van der Waals surface area contributed by atoms with Crippen LogP contribution in [0.15, 0.2) is 24.3 Å². The van der Waals surface area contributed by atoms with Crippen molar-refractivity contribution >= 4 is 23.6 Å². The summed E-state index contributed by atoms with van der Waals surface area (Å²) in [6.45, 7) is 3.48. The maximum absolute atomic E-state index is 12.1. The van der Waals surface area contributed by atoms with Crippen LogP contribution < -0.4 is 16.4 Å². The maximum atomic E-state index is 12.1. The number of anilines is 1. The van der Waals surface area contributed by atoms with Gasteiger partial charge in [0.15, 0.2) is 0 Å². The lowest BCUT2D eigenvalue weighted by Crippen LogP contribution is -2.49. The largest absolute Gasteiger partial charge is 0.478 e. The molecule has 7 heteroatoms. The Balaban J connectivity index is 2.94. The van der Waals surface area contributed by atoms with E-state index in [0.717, 1.165) is 0 Å². The van der Waals surface area contributed by atoms with Crippen LogP contribution in [0.2, 0.25) is 0 Å². The summed E-state index contributed by atoms with van der Waals surface area (Å²) in [6, 6.07) is 4.36. The summed E-state index contributed by atoms with van der Waals surface area (Å²) in [5.41, 5.74) is 5.16. The second kappa shape index (κ2) is 6.55. The number of hydrogen-bond acceptors (Lipinski definition) is 3. The number of carbonyl (C=O) groups excluding carboxylic acids is 2. The van der Waals surface area contributed by atoms with E-state index in [1.54, 1.807) is 26.0 Å². The van der Waals surface area contributed by atoms with Gasteiger partial charge in [0, 0.05) is 0 Å². The highest BCUT2D eigenvalue weighted by atomic mass is 16.4. The van der Waals surface area contributed by atoms with Crippen LogP contribution in [0.3, 0.4) is 0 Å². The third-order valence-electron chi connectivity index (χ3n) is 2.66. The van der Waals surface area contributed by atoms with Gasteiger partial charge < -0.3 is 21.5 Å². The Hall–Kier alpha value is -2.57. The van der Waals surface area contributed by atoms with E-state index in [9.17, 15) is 14.4 Å². The number of nitrogens with one attached hydrogen (secondary N) is 2. The highest BCUT2D eigenvalue weighted by molar-refractivity contribution is 6.03. The van der Waals surface area contributed by atoms with Crippen molar-refractivity contribution in [3.05, 3.63) is 29.8 Å². The Labute approximate surface area is 116 Å². The van der Waals surface area contributed by atoms with Crippen molar-refractivity contribution < 1.29 is 19.5 Å². The molecule has 0 saturated carbocycles. The van der Waals surface area contributed by atoms with E-state index in [1.807, 2.05) is 0 Å². The molecule has 1 unspecified atom stereocenters. The summed E-state index contributed by atoms with van der Waals surface area (Å²) in [7, 11) is 0. The molecule has 0 fully saturated rings. The fourth-order valence-corrected chi connectivity index (χ4v) is 1.68. The standard InChI is InChI=1S/C13H17N3O4/c1-7(2)10(16-13(14)20)11(17)15-9-6-4-3-5-8(9)12(18)19/h3-7,10H,1-2H3,(H,15,17)(H,18,19)(H3,14,16,20). The van der Waals surface area contributed by atoms with E-state index < -0.39 is 23.9 Å². The average Bonchev–Trinajstić information content (AvgIpc) is 2.35. The second-order valence-electron chi connectivity index (χ2n) is 4.57. The Kier molecular flexibility index (Phi) is 5.08. The first-order valence-electron chi connectivity index (χ1n) is 6.02. The highest BCUT2D eigenvalue weighted by Crippen LogP contribution is 2.16. The summed E-state index contributed by atoms with van der Waals surface area (Å²) in [4.78, 5) is 34.0. The van der Waals surface area contributed by atoms with Crippen molar-refractivity contribution in [2.75, 3.05) is 5.32 Å². The fraction of sp³-hybridized carbons (Fsp3) is 0.308. The molecule has 0 aromatic heterocycles. The van der Waals surface area contributed by atoms with Gasteiger partial charge in [-0.25, -0.2) is 9.59 Å². The third-order valence-corrected chi connectivity index (χ3v) is 2.66. The van der Waals surface area contributed by atoms with Crippen LogP contribution in [0.5, 0.6) is 0 Å². The minimum atomic E-state index is -1.15. The topological polar surface area (TPSA) is 122 Å². The van der Waals surface area contributed by atoms with Gasteiger partial charge >= 0.3 is 12.0 Å². The molecule has 0 spiro atoms. The third kappa shape index (κ3) is 3.98. The first-order chi connectivity index (χ1) is 9.32. The first kappa shape index (κ1) is 15.5. The van der Waals surface area contributed by atoms with Gasteiger partial charge in [0.1, 0.15) is 6.04 Å². The van der Waals surface area contributed by atoms with Crippen LogP contribution >= 0.6 is 0 Å². The number of primary amides is 1. The van der Waals surface area contributed by atoms with Gasteiger partial charge in [0.05, 0.1) is 11.3 Å². The number of carbonyl (C=O) groups is 3. The number of nitrogens with two attached hydrogens (primary N) is 1. The van der Waals surface area contributed by atoms with Crippen LogP contribution in [0, 0.1) is 5.92 Å². The summed E-state index contributed by atoms with van der Waals surface area (Å²) >= 11 is 0. The molecule has 0 bridgehead atoms. The number of hydrogen-bond donors (Lipinski definition) is 4. The van der Waals surface area contributed by atoms with E-state index in [4.69, 9.17) is 10.8 Å². The number of rotatable bonds is 5. The van der Waals surface area contributed by atoms with Crippen LogP contribution in [0.4, 0.5) is 10.5 Å². The smallest absolute Gasteiger partial charge is 0.337 e. The molecule has 20 heavy (non-hydrogen) atoms. The molecule has 7 nitrogen and oxygen atoms in total. The van der Waals surface area contributed by atoms with Crippen molar-refractivity contribution in [3.8, 4) is 0 Å². The average molecular weight is 279 g/mol. The van der Waals surface area contributed by atoms with Gasteiger partial charge in [-0.3, -0.25) is 4.79 Å². The molecule has 1 aromatic rings. The van der Waals surface area contributed by atoms with Crippen molar-refractivity contribution in [2.45, 2.75) is 19.9 Å². The van der Waals surface area contributed by atoms with E-state index in [0.29, 0.717) is 0 Å². The fourth-order valence-electron chi connectivity index (χ4n) is 1.68. The van der Waals surface area contributed by atoms with E-state index in [-0.39, 0.29) is 17.2 Å². The molecule has 1 atom stereocenters. The number of benzene rings is 1. The summed E-state index contributed by atoms with van der Waals surface area (Å²) < 4.78 is 0. The maximum Gasteiger partial charge on any atom is 0.337 e. The SMILES string of the molecule is CC(C)C(NC(N)=O)C(=O)Nc1ccccc1C(=O)O. The molecule has 1 aromatic carbocycles. The molecular formula is C13H17N3O4. The number of carboxylic acid groups (broad SMARTS) is 1. The molecule has 0 aliphatic carbocycles.